The van der Waals surface area contributed by atoms with Crippen molar-refractivity contribution in [2.45, 2.75) is 58.3 Å². The van der Waals surface area contributed by atoms with E-state index in [2.05, 4.69) is 34.2 Å². The molecule has 10 nitrogen and oxygen atoms in total. The zero-order valence-electron chi connectivity index (χ0n) is 24.8. The molecule has 0 saturated carbocycles. The summed E-state index contributed by atoms with van der Waals surface area (Å²) in [6, 6.07) is 5.91. The molecule has 42 heavy (non-hydrogen) atoms. The van der Waals surface area contributed by atoms with Crippen LogP contribution in [0, 0.1) is 17.7 Å². The maximum atomic E-state index is 15.0. The van der Waals surface area contributed by atoms with E-state index in [1.54, 1.807) is 11.0 Å². The first-order valence-corrected chi connectivity index (χ1v) is 15.3. The third-order valence-corrected chi connectivity index (χ3v) is 8.54. The Morgan fingerprint density at radius 3 is 2.60 bits per heavy atom. The number of H-pyrrole nitrogens is 2. The van der Waals surface area contributed by atoms with Crippen molar-refractivity contribution in [1.82, 2.24) is 10.2 Å². The number of halogens is 1. The van der Waals surface area contributed by atoms with E-state index >= 15 is 0 Å². The maximum Gasteiger partial charge on any atom is 0.518 e. The van der Waals surface area contributed by atoms with Crippen molar-refractivity contribution in [1.29, 1.82) is 0 Å². The first-order chi connectivity index (χ1) is 20.4. The molecular formula is C31H44FN5O5+2. The van der Waals surface area contributed by atoms with Crippen LogP contribution in [0.2, 0.25) is 0 Å². The number of nitrogens with zero attached hydrogens (tertiary/aromatic N) is 2. The largest absolute Gasteiger partial charge is 0.518 e. The van der Waals surface area contributed by atoms with E-state index in [9.17, 15) is 14.0 Å². The highest BCUT2D eigenvalue weighted by atomic mass is 19.1. The monoisotopic (exact) mass is 585 g/mol. The summed E-state index contributed by atoms with van der Waals surface area (Å²) in [4.78, 5) is 32.2. The number of anilines is 1. The maximum absolute atomic E-state index is 15.0. The molecule has 3 heterocycles. The lowest BCUT2D eigenvalue weighted by atomic mass is 9.86. The van der Waals surface area contributed by atoms with Gasteiger partial charge >= 0.3 is 11.8 Å². The second-order valence-corrected chi connectivity index (χ2v) is 11.8. The summed E-state index contributed by atoms with van der Waals surface area (Å²) >= 11 is 0. The van der Waals surface area contributed by atoms with Gasteiger partial charge in [-0.2, -0.15) is 0 Å². The van der Waals surface area contributed by atoms with Crippen LogP contribution in [0.5, 0.6) is 5.75 Å². The number of hydrogen-bond acceptors (Lipinski definition) is 6. The Kier molecular flexibility index (Phi) is 10.1. The number of benzene rings is 1. The van der Waals surface area contributed by atoms with Crippen LogP contribution in [0.25, 0.3) is 5.57 Å². The van der Waals surface area contributed by atoms with E-state index in [-0.39, 0.29) is 29.3 Å². The van der Waals surface area contributed by atoms with Crippen molar-refractivity contribution in [2.24, 2.45) is 11.8 Å². The Labute approximate surface area is 246 Å². The van der Waals surface area contributed by atoms with Gasteiger partial charge in [-0.1, -0.05) is 17.1 Å². The molecule has 1 unspecified atom stereocenters. The van der Waals surface area contributed by atoms with Gasteiger partial charge < -0.3 is 19.7 Å². The van der Waals surface area contributed by atoms with Gasteiger partial charge in [-0.3, -0.25) is 14.5 Å². The smallest absolute Gasteiger partial charge is 0.490 e. The predicted octanol–water partition coefficient (Wildman–Crippen LogP) is 3.01. The van der Waals surface area contributed by atoms with E-state index in [0.717, 1.165) is 48.9 Å². The number of carbonyl (C=O) groups is 2. The zero-order chi connectivity index (χ0) is 29.5. The average Bonchev–Trinajstić information content (AvgIpc) is 3.52. The van der Waals surface area contributed by atoms with Crippen molar-refractivity contribution >= 4 is 23.4 Å². The van der Waals surface area contributed by atoms with Crippen LogP contribution >= 0.6 is 0 Å². The number of aromatic amines is 2. The Bertz CT molecular complexity index is 1250. The molecule has 3 N–H and O–H groups in total. The molecular weight excluding hydrogens is 541 g/mol. The summed E-state index contributed by atoms with van der Waals surface area (Å²) in [5.41, 5.74) is 1.88. The molecule has 11 heteroatoms. The number of hydrogen-bond donors (Lipinski definition) is 1. The van der Waals surface area contributed by atoms with Gasteiger partial charge in [0.2, 0.25) is 11.8 Å². The van der Waals surface area contributed by atoms with E-state index in [4.69, 9.17) is 14.0 Å². The van der Waals surface area contributed by atoms with Gasteiger partial charge in [0.05, 0.1) is 19.8 Å². The Morgan fingerprint density at radius 1 is 1.14 bits per heavy atom. The molecule has 2 saturated heterocycles. The van der Waals surface area contributed by atoms with Crippen molar-refractivity contribution in [3.8, 4) is 5.75 Å². The molecule has 0 spiro atoms. The second kappa shape index (κ2) is 14.1. The van der Waals surface area contributed by atoms with E-state index in [1.165, 1.54) is 6.07 Å². The van der Waals surface area contributed by atoms with Crippen LogP contribution in [0.15, 0.2) is 28.8 Å². The van der Waals surface area contributed by atoms with Gasteiger partial charge in [0.15, 0.2) is 11.6 Å². The number of aromatic nitrogens is 2. The van der Waals surface area contributed by atoms with Crippen LogP contribution in [0.1, 0.15) is 69.7 Å². The van der Waals surface area contributed by atoms with Gasteiger partial charge in [0.1, 0.15) is 5.92 Å². The molecule has 0 bridgehead atoms. The molecule has 2 fully saturated rings. The minimum atomic E-state index is -0.363. The fraction of sp³-hybridized carbons (Fsp3) is 0.613. The fourth-order valence-corrected chi connectivity index (χ4v) is 5.75. The molecule has 2 aliphatic heterocycles. The third kappa shape index (κ3) is 7.67. The zero-order valence-corrected chi connectivity index (χ0v) is 24.8. The first-order valence-electron chi connectivity index (χ1n) is 15.3. The standard InChI is InChI=1S/C31H42FN5O5/c1-21(2)29-34-31(42-35-29)37-13-10-22(11-14-37)20-41-27-8-7-25(19-26(27)32)23-3-5-24(6-4-23)30(39)33-12-9-28(38)36-15-17-40-18-16-36/h3,7-8,19,21-22,24H,4-6,9-18,20H2,1-2H3,(H,33,39)/p+2. The summed E-state index contributed by atoms with van der Waals surface area (Å²) in [6.45, 7) is 9.08. The van der Waals surface area contributed by atoms with E-state index < -0.39 is 0 Å². The molecule has 1 aliphatic carbocycles. The quantitative estimate of drug-likeness (QED) is 0.459. The van der Waals surface area contributed by atoms with Crippen molar-refractivity contribution in [3.05, 3.63) is 41.5 Å². The van der Waals surface area contributed by atoms with Crippen LogP contribution in [-0.2, 0) is 14.3 Å². The number of morpholine rings is 1. The molecule has 2 amide bonds. The minimum Gasteiger partial charge on any atom is -0.490 e. The van der Waals surface area contributed by atoms with Crippen LogP contribution in [-0.4, -0.2) is 69.3 Å². The molecule has 3 aliphatic rings. The minimum absolute atomic E-state index is 0.0261. The topological polar surface area (TPSA) is 113 Å². The highest BCUT2D eigenvalue weighted by Gasteiger charge is 2.31. The molecule has 1 atom stereocenters. The summed E-state index contributed by atoms with van der Waals surface area (Å²) < 4.78 is 31.7. The Morgan fingerprint density at radius 2 is 1.93 bits per heavy atom. The van der Waals surface area contributed by atoms with E-state index in [1.807, 2.05) is 12.1 Å². The van der Waals surface area contributed by atoms with Gasteiger partial charge in [-0.25, -0.2) is 4.39 Å². The number of allylic oxidation sites excluding steroid dienone is 2. The normalized spacial score (nSPS) is 20.0. The lowest BCUT2D eigenvalue weighted by Gasteiger charge is -2.28. The number of ether oxygens (including phenoxy) is 2. The van der Waals surface area contributed by atoms with Crippen LogP contribution < -0.4 is 25.1 Å². The highest BCUT2D eigenvalue weighted by Crippen LogP contribution is 2.32. The van der Waals surface area contributed by atoms with E-state index in [0.29, 0.717) is 77.0 Å². The van der Waals surface area contributed by atoms with Crippen LogP contribution in [0.4, 0.5) is 10.4 Å². The SMILES string of the molecule is CC(C)c1[nH+]oc(N2CCC(COc3ccc(C4=CCC(C(=O)NCCC(=O)N5CCOCC5)CC4)cc3F)CC2)[nH+]1. The van der Waals surface area contributed by atoms with Gasteiger partial charge in [-0.15, -0.1) is 4.52 Å². The first kappa shape index (κ1) is 30.0. The lowest BCUT2D eigenvalue weighted by molar-refractivity contribution is -0.636. The number of rotatable bonds is 10. The molecule has 1 aromatic heterocycles. The molecule has 0 radical (unpaired) electrons. The average molecular weight is 586 g/mol. The molecule has 5 rings (SSSR count). The Hall–Kier alpha value is -3.47. The van der Waals surface area contributed by atoms with Crippen molar-refractivity contribution < 1.29 is 38.1 Å². The summed E-state index contributed by atoms with van der Waals surface area (Å²) in [5.74, 6) is 1.46. The predicted molar refractivity (Wildman–Crippen MR) is 153 cm³/mol. The summed E-state index contributed by atoms with van der Waals surface area (Å²) in [6.07, 6.45) is 6.22. The number of amides is 2. The lowest BCUT2D eigenvalue weighted by Crippen LogP contribution is -2.42. The summed E-state index contributed by atoms with van der Waals surface area (Å²) in [7, 11) is 0. The van der Waals surface area contributed by atoms with Crippen molar-refractivity contribution in [3.63, 3.8) is 0 Å². The third-order valence-electron chi connectivity index (χ3n) is 8.54. The van der Waals surface area contributed by atoms with Crippen LogP contribution in [0.3, 0.4) is 0 Å². The fourth-order valence-electron chi connectivity index (χ4n) is 5.75. The molecule has 1 aromatic carbocycles. The molecule has 2 aromatic rings. The summed E-state index contributed by atoms with van der Waals surface area (Å²) in [5, 5.41) is 5.86. The number of nitrogens with one attached hydrogen (secondary N) is 3. The van der Waals surface area contributed by atoms with Gasteiger partial charge in [0.25, 0.3) is 0 Å². The van der Waals surface area contributed by atoms with Gasteiger partial charge in [0, 0.05) is 50.2 Å². The Balaban J connectivity index is 1.03. The number of carbonyl (C=O) groups excluding carboxylic acids is 2. The van der Waals surface area contributed by atoms with Gasteiger partial charge in [-0.05, 0) is 75.1 Å². The highest BCUT2D eigenvalue weighted by molar-refractivity contribution is 5.82. The van der Waals surface area contributed by atoms with Crippen molar-refractivity contribution in [2.75, 3.05) is 57.4 Å². The molecule has 228 valence electrons. The second-order valence-electron chi connectivity index (χ2n) is 11.8. The number of piperidine rings is 1.